The van der Waals surface area contributed by atoms with Crippen molar-refractivity contribution in [2.45, 2.75) is 33.6 Å². The molecule has 0 aliphatic rings. The second-order valence-corrected chi connectivity index (χ2v) is 5.05. The predicted molar refractivity (Wildman–Crippen MR) is 76.7 cm³/mol. The van der Waals surface area contributed by atoms with Gasteiger partial charge < -0.3 is 9.47 Å². The maximum Gasteiger partial charge on any atom is 0.342 e. The molecule has 0 saturated heterocycles. The van der Waals surface area contributed by atoms with Gasteiger partial charge in [0.1, 0.15) is 11.4 Å². The van der Waals surface area contributed by atoms with Gasteiger partial charge in [-0.2, -0.15) is 0 Å². The Hall–Kier alpha value is -1.91. The summed E-state index contributed by atoms with van der Waals surface area (Å²) in [5, 5.41) is 0. The van der Waals surface area contributed by atoms with Crippen molar-refractivity contribution >= 4 is 11.9 Å². The van der Waals surface area contributed by atoms with Crippen LogP contribution >= 0.6 is 0 Å². The summed E-state index contributed by atoms with van der Waals surface area (Å²) in [5.41, 5.74) is -0.466. The molecule has 0 saturated carbocycles. The van der Waals surface area contributed by atoms with Crippen LogP contribution < -0.4 is 0 Å². The van der Waals surface area contributed by atoms with E-state index in [4.69, 9.17) is 9.47 Å². The number of carbonyl (C=O) groups is 2. The van der Waals surface area contributed by atoms with E-state index in [-0.39, 0.29) is 24.3 Å². The fraction of sp³-hybridized carbons (Fsp3) is 0.500. The Kier molecular flexibility index (Phi) is 6.85. The van der Waals surface area contributed by atoms with Crippen LogP contribution in [0.2, 0.25) is 0 Å². The molecule has 4 nitrogen and oxygen atoms in total. The van der Waals surface area contributed by atoms with Gasteiger partial charge in [-0.05, 0) is 37.8 Å². The van der Waals surface area contributed by atoms with E-state index < -0.39 is 17.8 Å². The summed E-state index contributed by atoms with van der Waals surface area (Å²) in [6.07, 6.45) is 1.61. The van der Waals surface area contributed by atoms with Crippen LogP contribution in [0.5, 0.6) is 0 Å². The highest BCUT2D eigenvalue weighted by atomic mass is 19.1. The van der Waals surface area contributed by atoms with Crippen molar-refractivity contribution in [3.8, 4) is 0 Å². The summed E-state index contributed by atoms with van der Waals surface area (Å²) in [6, 6.07) is 3.83. The molecule has 0 aliphatic heterocycles. The Morgan fingerprint density at radius 1 is 1.19 bits per heavy atom. The smallest absolute Gasteiger partial charge is 0.342 e. The lowest BCUT2D eigenvalue weighted by atomic mass is 10.1. The zero-order valence-corrected chi connectivity index (χ0v) is 12.6. The van der Waals surface area contributed by atoms with Crippen molar-refractivity contribution in [3.05, 3.63) is 35.1 Å². The van der Waals surface area contributed by atoms with Crippen molar-refractivity contribution in [1.82, 2.24) is 0 Å². The molecule has 21 heavy (non-hydrogen) atoms. The van der Waals surface area contributed by atoms with Gasteiger partial charge in [0, 0.05) is 0 Å². The summed E-state index contributed by atoms with van der Waals surface area (Å²) < 4.78 is 23.7. The van der Waals surface area contributed by atoms with Crippen molar-refractivity contribution < 1.29 is 23.5 Å². The van der Waals surface area contributed by atoms with Crippen LogP contribution in [0.3, 0.4) is 0 Å². The normalized spacial score (nSPS) is 10.5. The molecular formula is C16H21FO4. The van der Waals surface area contributed by atoms with E-state index in [0.29, 0.717) is 12.3 Å². The second kappa shape index (κ2) is 8.39. The van der Waals surface area contributed by atoms with E-state index >= 15 is 0 Å². The lowest BCUT2D eigenvalue weighted by Crippen LogP contribution is -2.16. The molecule has 0 aliphatic carbocycles. The number of hydrogen-bond donors (Lipinski definition) is 0. The van der Waals surface area contributed by atoms with Crippen LogP contribution in [0.4, 0.5) is 4.39 Å². The fourth-order valence-electron chi connectivity index (χ4n) is 1.84. The van der Waals surface area contributed by atoms with Crippen LogP contribution in [-0.2, 0) is 9.47 Å². The quantitative estimate of drug-likeness (QED) is 0.570. The minimum Gasteiger partial charge on any atom is -0.462 e. The Labute approximate surface area is 124 Å². The van der Waals surface area contributed by atoms with Gasteiger partial charge in [-0.3, -0.25) is 0 Å². The Balaban J connectivity index is 2.80. The maximum absolute atomic E-state index is 13.8. The first kappa shape index (κ1) is 17.1. The highest BCUT2D eigenvalue weighted by Crippen LogP contribution is 2.17. The summed E-state index contributed by atoms with van der Waals surface area (Å²) in [4.78, 5) is 23.7. The highest BCUT2D eigenvalue weighted by molar-refractivity contribution is 6.03. The van der Waals surface area contributed by atoms with E-state index in [9.17, 15) is 14.0 Å². The molecule has 0 heterocycles. The third-order valence-corrected chi connectivity index (χ3v) is 2.87. The van der Waals surface area contributed by atoms with Crippen LogP contribution in [0, 0.1) is 11.7 Å². The lowest BCUT2D eigenvalue weighted by molar-refractivity contribution is 0.0455. The molecule has 1 aromatic rings. The molecule has 0 unspecified atom stereocenters. The van der Waals surface area contributed by atoms with Gasteiger partial charge in [-0.25, -0.2) is 14.0 Å². The van der Waals surface area contributed by atoms with Gasteiger partial charge in [-0.1, -0.05) is 19.9 Å². The molecule has 5 heteroatoms. The van der Waals surface area contributed by atoms with E-state index in [1.807, 2.05) is 0 Å². The Bertz CT molecular complexity index is 497. The van der Waals surface area contributed by atoms with Crippen molar-refractivity contribution in [2.75, 3.05) is 13.2 Å². The third-order valence-electron chi connectivity index (χ3n) is 2.87. The second-order valence-electron chi connectivity index (χ2n) is 5.05. The molecule has 0 amide bonds. The third kappa shape index (κ3) is 5.17. The molecule has 0 atom stereocenters. The van der Waals surface area contributed by atoms with Crippen molar-refractivity contribution in [3.63, 3.8) is 0 Å². The molecule has 1 rings (SSSR count). The zero-order valence-electron chi connectivity index (χ0n) is 12.6. The van der Waals surface area contributed by atoms with E-state index in [0.717, 1.165) is 12.5 Å². The first-order chi connectivity index (χ1) is 9.97. The van der Waals surface area contributed by atoms with Gasteiger partial charge >= 0.3 is 11.9 Å². The number of ether oxygens (including phenoxy) is 2. The number of hydrogen-bond acceptors (Lipinski definition) is 4. The van der Waals surface area contributed by atoms with Gasteiger partial charge in [0.15, 0.2) is 0 Å². The van der Waals surface area contributed by atoms with E-state index in [1.165, 1.54) is 12.1 Å². The van der Waals surface area contributed by atoms with Gasteiger partial charge in [0.25, 0.3) is 0 Å². The van der Waals surface area contributed by atoms with Crippen LogP contribution in [0.1, 0.15) is 54.3 Å². The number of carbonyl (C=O) groups excluding carboxylic acids is 2. The number of halogens is 1. The van der Waals surface area contributed by atoms with Crippen molar-refractivity contribution in [2.24, 2.45) is 5.92 Å². The molecule has 0 bridgehead atoms. The Morgan fingerprint density at radius 2 is 1.90 bits per heavy atom. The zero-order chi connectivity index (χ0) is 15.8. The largest absolute Gasteiger partial charge is 0.462 e. The summed E-state index contributed by atoms with van der Waals surface area (Å²) in [6.45, 7) is 6.13. The van der Waals surface area contributed by atoms with E-state index in [2.05, 4.69) is 13.8 Å². The van der Waals surface area contributed by atoms with Gasteiger partial charge in [0.2, 0.25) is 0 Å². The lowest BCUT2D eigenvalue weighted by Gasteiger charge is -2.10. The number of benzene rings is 1. The predicted octanol–water partition coefficient (Wildman–Crippen LogP) is 3.60. The number of esters is 2. The SMILES string of the molecule is CCOC(=O)c1cccc(F)c1C(=O)OCCCC(C)C. The molecule has 0 aromatic heterocycles. The fourth-order valence-corrected chi connectivity index (χ4v) is 1.84. The molecule has 1 aromatic carbocycles. The molecule has 0 fully saturated rings. The summed E-state index contributed by atoms with van der Waals surface area (Å²) >= 11 is 0. The topological polar surface area (TPSA) is 52.6 Å². The summed E-state index contributed by atoms with van der Waals surface area (Å²) in [7, 11) is 0. The first-order valence-electron chi connectivity index (χ1n) is 7.10. The Morgan fingerprint density at radius 3 is 2.52 bits per heavy atom. The average molecular weight is 296 g/mol. The van der Waals surface area contributed by atoms with Crippen molar-refractivity contribution in [1.29, 1.82) is 0 Å². The standard InChI is InChI=1S/C16H21FO4/c1-4-20-15(18)12-8-5-9-13(17)14(12)16(19)21-10-6-7-11(2)3/h5,8-9,11H,4,6-7,10H2,1-3H3. The maximum atomic E-state index is 13.8. The highest BCUT2D eigenvalue weighted by Gasteiger charge is 2.23. The van der Waals surface area contributed by atoms with E-state index in [1.54, 1.807) is 6.92 Å². The minimum absolute atomic E-state index is 0.106. The molecule has 0 radical (unpaired) electrons. The van der Waals surface area contributed by atoms with Crippen LogP contribution in [-0.4, -0.2) is 25.2 Å². The molecule has 0 spiro atoms. The summed E-state index contributed by atoms with van der Waals surface area (Å²) in [5.74, 6) is -1.84. The van der Waals surface area contributed by atoms with Gasteiger partial charge in [0.05, 0.1) is 18.8 Å². The molecule has 0 N–H and O–H groups in total. The van der Waals surface area contributed by atoms with Gasteiger partial charge in [-0.15, -0.1) is 0 Å². The van der Waals surface area contributed by atoms with Crippen LogP contribution in [0.25, 0.3) is 0 Å². The minimum atomic E-state index is -0.833. The molecular weight excluding hydrogens is 275 g/mol. The molecule has 116 valence electrons. The first-order valence-corrected chi connectivity index (χ1v) is 7.10. The monoisotopic (exact) mass is 296 g/mol. The number of rotatable bonds is 7. The van der Waals surface area contributed by atoms with Crippen LogP contribution in [0.15, 0.2) is 18.2 Å². The average Bonchev–Trinajstić information content (AvgIpc) is 2.43.